The Labute approximate surface area is 588 Å². The van der Waals surface area contributed by atoms with Crippen molar-refractivity contribution in [3.63, 3.8) is 0 Å². The lowest BCUT2D eigenvalue weighted by molar-refractivity contribution is -0.379. The number of hydrogen-bond donors (Lipinski definition) is 12. The second kappa shape index (κ2) is 59.6. The standard InChI is InChI=1S/C78H147NO18/c1-3-5-7-9-11-13-15-17-19-21-23-25-26-27-28-29-30-31-32-33-34-36-37-39-41-43-45-47-49-51-53-55-62(83)61(79-66(84)56-54-52-50-48-46-44-42-40-38-35-24-22-20-18-16-14-12-10-8-6-4-2)60-92-76-72(90)69(87)74(64(58-81)94-76)97-78-73(91)70(88)75(65(59-82)95-78)96-77-71(89)68(86)67(85)63(57-80)93-77/h45,47,53,55,61-65,67-78,80-83,85-91H,3-44,46,48-52,54,56-60H2,1-2H3,(H,79,84)/b47-45+,55-53+. The molecule has 0 radical (unpaired) electrons. The number of unbranched alkanes of at least 4 members (excludes halogenated alkanes) is 46. The fraction of sp³-hybridized carbons (Fsp3) is 0.936. The molecule has 17 atom stereocenters. The molecule has 0 aromatic rings. The summed E-state index contributed by atoms with van der Waals surface area (Å²) in [5.41, 5.74) is 0. The fourth-order valence-electron chi connectivity index (χ4n) is 13.8. The summed E-state index contributed by atoms with van der Waals surface area (Å²) in [6.45, 7) is 1.78. The van der Waals surface area contributed by atoms with Crippen LogP contribution in [0.1, 0.15) is 335 Å². The van der Waals surface area contributed by atoms with Gasteiger partial charge in [-0.3, -0.25) is 4.79 Å². The maximum Gasteiger partial charge on any atom is 0.220 e. The molecule has 1 amide bonds. The largest absolute Gasteiger partial charge is 0.394 e. The van der Waals surface area contributed by atoms with Crippen LogP contribution >= 0.6 is 0 Å². The zero-order valence-electron chi connectivity index (χ0n) is 61.1. The van der Waals surface area contributed by atoms with Crippen LogP contribution in [0.2, 0.25) is 0 Å². The third kappa shape index (κ3) is 40.2. The summed E-state index contributed by atoms with van der Waals surface area (Å²) in [4.78, 5) is 13.5. The molecule has 3 aliphatic rings. The van der Waals surface area contributed by atoms with E-state index in [2.05, 4.69) is 31.3 Å². The van der Waals surface area contributed by atoms with Gasteiger partial charge in [-0.15, -0.1) is 0 Å². The molecule has 17 unspecified atom stereocenters. The lowest BCUT2D eigenvalue weighted by Crippen LogP contribution is -2.66. The molecule has 19 nitrogen and oxygen atoms in total. The first-order valence-corrected chi connectivity index (χ1v) is 40.1. The van der Waals surface area contributed by atoms with E-state index in [4.69, 9.17) is 28.4 Å². The molecule has 572 valence electrons. The van der Waals surface area contributed by atoms with Gasteiger partial charge >= 0.3 is 0 Å². The Balaban J connectivity index is 1.38. The number of allylic oxidation sites excluding steroid dienone is 3. The average molecular weight is 1390 g/mol. The smallest absolute Gasteiger partial charge is 0.220 e. The van der Waals surface area contributed by atoms with E-state index in [1.54, 1.807) is 6.08 Å². The molecule has 0 aromatic heterocycles. The molecule has 0 spiro atoms. The van der Waals surface area contributed by atoms with Gasteiger partial charge in [0.1, 0.15) is 73.2 Å². The SMILES string of the molecule is CCCCCCCCCCCCCCCCCCCCCCCCCCC/C=C/CC/C=C/C(O)C(COC1OC(CO)C(OC2OC(CO)C(OC3OC(CO)C(O)C(O)C3O)C(O)C2O)C(O)C1O)NC(=O)CCCCCCCCCCCCCCCCCCCCCCC. The number of carbonyl (C=O) groups is 1. The molecule has 0 aromatic carbocycles. The Morgan fingerprint density at radius 3 is 1.03 bits per heavy atom. The van der Waals surface area contributed by atoms with Crippen molar-refractivity contribution in [3.05, 3.63) is 24.3 Å². The third-order valence-electron chi connectivity index (χ3n) is 20.3. The van der Waals surface area contributed by atoms with Crippen LogP contribution < -0.4 is 5.32 Å². The topological polar surface area (TPSA) is 307 Å². The van der Waals surface area contributed by atoms with Crippen molar-refractivity contribution < 1.29 is 89.4 Å². The Morgan fingerprint density at radius 1 is 0.361 bits per heavy atom. The van der Waals surface area contributed by atoms with Gasteiger partial charge in [-0.1, -0.05) is 321 Å². The Hall–Kier alpha value is -1.73. The molecule has 3 saturated heterocycles. The molecule has 3 aliphatic heterocycles. The average Bonchev–Trinajstić information content (AvgIpc) is 0.795. The zero-order chi connectivity index (χ0) is 70.4. The molecule has 97 heavy (non-hydrogen) atoms. The van der Waals surface area contributed by atoms with Crippen LogP contribution in [0.15, 0.2) is 24.3 Å². The van der Waals surface area contributed by atoms with Crippen LogP contribution in [0.5, 0.6) is 0 Å². The normalized spacial score (nSPS) is 27.0. The summed E-state index contributed by atoms with van der Waals surface area (Å²) in [5, 5.41) is 121. The van der Waals surface area contributed by atoms with Crippen molar-refractivity contribution in [1.82, 2.24) is 5.32 Å². The minimum absolute atomic E-state index is 0.241. The molecule has 19 heteroatoms. The van der Waals surface area contributed by atoms with Gasteiger partial charge in [0.15, 0.2) is 18.9 Å². The van der Waals surface area contributed by atoms with Crippen LogP contribution in [0.3, 0.4) is 0 Å². The predicted molar refractivity (Wildman–Crippen MR) is 383 cm³/mol. The van der Waals surface area contributed by atoms with Crippen molar-refractivity contribution >= 4 is 5.91 Å². The molecule has 3 heterocycles. The van der Waals surface area contributed by atoms with Gasteiger partial charge < -0.3 is 89.9 Å². The van der Waals surface area contributed by atoms with Gasteiger partial charge in [-0.2, -0.15) is 0 Å². The van der Waals surface area contributed by atoms with Gasteiger partial charge in [0.05, 0.1) is 38.6 Å². The summed E-state index contributed by atoms with van der Waals surface area (Å²) < 4.78 is 34.4. The molecular formula is C78H147NO18. The first-order valence-electron chi connectivity index (χ1n) is 40.1. The second-order valence-electron chi connectivity index (χ2n) is 28.9. The highest BCUT2D eigenvalue weighted by molar-refractivity contribution is 5.76. The maximum atomic E-state index is 13.5. The van der Waals surface area contributed by atoms with E-state index in [0.717, 1.165) is 38.5 Å². The van der Waals surface area contributed by atoms with E-state index in [-0.39, 0.29) is 18.9 Å². The van der Waals surface area contributed by atoms with E-state index >= 15 is 0 Å². The number of aliphatic hydroxyl groups excluding tert-OH is 11. The summed E-state index contributed by atoms with van der Waals surface area (Å²) in [6, 6.07) is -0.988. The molecule has 0 saturated carbocycles. The number of hydrogen-bond acceptors (Lipinski definition) is 18. The number of nitrogens with one attached hydrogen (secondary N) is 1. The van der Waals surface area contributed by atoms with Crippen molar-refractivity contribution in [3.8, 4) is 0 Å². The van der Waals surface area contributed by atoms with E-state index < -0.39 is 124 Å². The number of aliphatic hydroxyl groups is 11. The van der Waals surface area contributed by atoms with Crippen molar-refractivity contribution in [2.24, 2.45) is 0 Å². The first-order chi connectivity index (χ1) is 47.3. The highest BCUT2D eigenvalue weighted by Gasteiger charge is 2.54. The van der Waals surface area contributed by atoms with Crippen LogP contribution in [0, 0.1) is 0 Å². The number of rotatable bonds is 64. The minimum atomic E-state index is -1.98. The molecule has 0 bridgehead atoms. The Morgan fingerprint density at radius 2 is 0.660 bits per heavy atom. The van der Waals surface area contributed by atoms with Crippen molar-refractivity contribution in [2.45, 2.75) is 439 Å². The third-order valence-corrected chi connectivity index (χ3v) is 20.3. The van der Waals surface area contributed by atoms with Gasteiger partial charge in [-0.05, 0) is 32.1 Å². The lowest BCUT2D eigenvalue weighted by atomic mass is 9.96. The summed E-state index contributed by atoms with van der Waals surface area (Å²) in [5.74, 6) is -0.278. The van der Waals surface area contributed by atoms with Crippen molar-refractivity contribution in [1.29, 1.82) is 0 Å². The Kier molecular flexibility index (Phi) is 55.0. The molecule has 12 N–H and O–H groups in total. The number of carbonyl (C=O) groups excluding carboxylic acids is 1. The van der Waals surface area contributed by atoms with Crippen LogP contribution in [0.25, 0.3) is 0 Å². The highest BCUT2D eigenvalue weighted by Crippen LogP contribution is 2.33. The predicted octanol–water partition coefficient (Wildman–Crippen LogP) is 13.0. The second-order valence-corrected chi connectivity index (χ2v) is 28.9. The van der Waals surface area contributed by atoms with Gasteiger partial charge in [-0.25, -0.2) is 0 Å². The summed E-state index contributed by atoms with van der Waals surface area (Å²) >= 11 is 0. The van der Waals surface area contributed by atoms with Gasteiger partial charge in [0.25, 0.3) is 0 Å². The lowest BCUT2D eigenvalue weighted by Gasteiger charge is -2.48. The van der Waals surface area contributed by atoms with E-state index in [0.29, 0.717) is 12.8 Å². The van der Waals surface area contributed by atoms with Crippen LogP contribution in [-0.4, -0.2) is 193 Å². The van der Waals surface area contributed by atoms with E-state index in [1.165, 1.54) is 263 Å². The molecule has 3 rings (SSSR count). The summed E-state index contributed by atoms with van der Waals surface area (Å²) in [6.07, 6.45) is 44.6. The van der Waals surface area contributed by atoms with Crippen LogP contribution in [-0.2, 0) is 33.2 Å². The monoisotopic (exact) mass is 1390 g/mol. The molecule has 0 aliphatic carbocycles. The molecular weight excluding hydrogens is 1240 g/mol. The van der Waals surface area contributed by atoms with Crippen LogP contribution in [0.4, 0.5) is 0 Å². The quantitative estimate of drug-likeness (QED) is 0.0199. The minimum Gasteiger partial charge on any atom is -0.394 e. The van der Waals surface area contributed by atoms with Crippen molar-refractivity contribution in [2.75, 3.05) is 26.4 Å². The van der Waals surface area contributed by atoms with Gasteiger partial charge in [0.2, 0.25) is 5.91 Å². The zero-order valence-corrected chi connectivity index (χ0v) is 61.1. The Bertz CT molecular complexity index is 1850. The first kappa shape index (κ1) is 89.5. The summed E-state index contributed by atoms with van der Waals surface area (Å²) in [7, 11) is 0. The number of ether oxygens (including phenoxy) is 6. The highest BCUT2D eigenvalue weighted by atomic mass is 16.8. The molecule has 3 fully saturated rings. The number of amides is 1. The van der Waals surface area contributed by atoms with E-state index in [9.17, 15) is 61.0 Å². The van der Waals surface area contributed by atoms with E-state index in [1.807, 2.05) is 6.08 Å². The van der Waals surface area contributed by atoms with Gasteiger partial charge in [0, 0.05) is 6.42 Å². The maximum absolute atomic E-state index is 13.5. The fourth-order valence-corrected chi connectivity index (χ4v) is 13.8.